The maximum absolute atomic E-state index is 14.5. The molecule has 1 fully saturated rings. The third-order valence-corrected chi connectivity index (χ3v) is 9.00. The van der Waals surface area contributed by atoms with Gasteiger partial charge in [0.15, 0.2) is 0 Å². The van der Waals surface area contributed by atoms with Crippen molar-refractivity contribution in [1.82, 2.24) is 0 Å². The minimum absolute atomic E-state index is 0.159. The SMILES string of the molecule is COc1ccc(N2C(=O)[C@@H]3[C@@H](C2=O)C2c4ccccc4C3(C=Nc3cccc(C)c3C)c3ccccc32)cc1. The predicted molar refractivity (Wildman–Crippen MR) is 152 cm³/mol. The Balaban J connectivity index is 1.49. The lowest BCUT2D eigenvalue weighted by molar-refractivity contribution is -0.122. The van der Waals surface area contributed by atoms with Gasteiger partial charge in [-0.1, -0.05) is 60.7 Å². The number of ether oxygens (including phenoxy) is 1. The summed E-state index contributed by atoms with van der Waals surface area (Å²) in [7, 11) is 1.60. The number of hydrogen-bond acceptors (Lipinski definition) is 4. The standard InChI is InChI=1S/C34H28N2O3/c1-20-9-8-14-28(21(20)2)35-19-34-26-12-6-4-10-24(26)29(25-11-5-7-13-27(25)34)30-31(34)33(38)36(32(30)37)22-15-17-23(39-3)18-16-22/h4-19,29-31H,1-3H3/t29?,30-,31-,34?/m0/s1. The van der Waals surface area contributed by atoms with E-state index in [1.54, 1.807) is 31.4 Å². The summed E-state index contributed by atoms with van der Waals surface area (Å²) in [6.45, 7) is 4.14. The molecular weight excluding hydrogens is 484 g/mol. The van der Waals surface area contributed by atoms with Crippen LogP contribution in [0.3, 0.4) is 0 Å². The van der Waals surface area contributed by atoms with E-state index in [2.05, 4.69) is 44.2 Å². The van der Waals surface area contributed by atoms with Crippen molar-refractivity contribution < 1.29 is 14.3 Å². The maximum Gasteiger partial charge on any atom is 0.239 e. The first-order chi connectivity index (χ1) is 19.0. The number of methoxy groups -OCH3 is 1. The van der Waals surface area contributed by atoms with Gasteiger partial charge in [-0.05, 0) is 77.6 Å². The van der Waals surface area contributed by atoms with Crippen LogP contribution < -0.4 is 9.64 Å². The number of aliphatic imine (C=N–C) groups is 1. The van der Waals surface area contributed by atoms with Gasteiger partial charge in [-0.25, -0.2) is 4.90 Å². The van der Waals surface area contributed by atoms with Crippen LogP contribution >= 0.6 is 0 Å². The Bertz CT molecular complexity index is 1640. The van der Waals surface area contributed by atoms with Gasteiger partial charge in [0.2, 0.25) is 11.8 Å². The number of amides is 2. The average Bonchev–Trinajstić information content (AvgIpc) is 3.24. The van der Waals surface area contributed by atoms with Crippen LogP contribution in [-0.2, 0) is 15.0 Å². The van der Waals surface area contributed by atoms with Crippen molar-refractivity contribution in [3.63, 3.8) is 0 Å². The summed E-state index contributed by atoms with van der Waals surface area (Å²) in [6, 6.07) is 29.7. The van der Waals surface area contributed by atoms with E-state index in [9.17, 15) is 9.59 Å². The number of anilines is 1. The zero-order valence-electron chi connectivity index (χ0n) is 22.1. The Morgan fingerprint density at radius 2 is 1.44 bits per heavy atom. The highest BCUT2D eigenvalue weighted by atomic mass is 16.5. The van der Waals surface area contributed by atoms with Gasteiger partial charge >= 0.3 is 0 Å². The summed E-state index contributed by atoms with van der Waals surface area (Å²) in [4.78, 5) is 35.2. The molecule has 5 heteroatoms. The number of benzene rings is 4. The fraction of sp³-hybridized carbons (Fsp3) is 0.206. The molecule has 1 aliphatic heterocycles. The molecule has 4 aliphatic rings. The van der Waals surface area contributed by atoms with E-state index in [0.29, 0.717) is 11.4 Å². The van der Waals surface area contributed by atoms with Crippen molar-refractivity contribution >= 4 is 29.4 Å². The summed E-state index contributed by atoms with van der Waals surface area (Å²) < 4.78 is 5.31. The van der Waals surface area contributed by atoms with Gasteiger partial charge in [0, 0.05) is 12.1 Å². The van der Waals surface area contributed by atoms with Crippen molar-refractivity contribution in [3.8, 4) is 5.75 Å². The molecule has 0 saturated carbocycles. The second kappa shape index (κ2) is 8.50. The van der Waals surface area contributed by atoms with Crippen molar-refractivity contribution in [2.45, 2.75) is 25.2 Å². The molecular formula is C34H28N2O3. The molecule has 0 radical (unpaired) electrons. The van der Waals surface area contributed by atoms with Crippen molar-refractivity contribution in [2.24, 2.45) is 16.8 Å². The molecule has 8 rings (SSSR count). The Hall–Kier alpha value is -4.51. The fourth-order valence-corrected chi connectivity index (χ4v) is 7.08. The molecule has 4 aromatic rings. The highest BCUT2D eigenvalue weighted by molar-refractivity contribution is 6.25. The number of imide groups is 1. The fourth-order valence-electron chi connectivity index (χ4n) is 7.08. The number of hydrogen-bond donors (Lipinski definition) is 0. The zero-order chi connectivity index (χ0) is 26.9. The van der Waals surface area contributed by atoms with E-state index < -0.39 is 17.3 Å². The molecule has 2 amide bonds. The molecule has 0 aromatic heterocycles. The molecule has 39 heavy (non-hydrogen) atoms. The van der Waals surface area contributed by atoms with Crippen LogP contribution in [0.1, 0.15) is 39.3 Å². The molecule has 1 heterocycles. The van der Waals surface area contributed by atoms with Gasteiger partial charge in [0.05, 0.1) is 35.7 Å². The second-order valence-electron chi connectivity index (χ2n) is 10.7. The van der Waals surface area contributed by atoms with E-state index in [1.165, 1.54) is 4.90 Å². The molecule has 5 nitrogen and oxygen atoms in total. The minimum Gasteiger partial charge on any atom is -0.497 e. The minimum atomic E-state index is -0.878. The first-order valence-electron chi connectivity index (χ1n) is 13.3. The molecule has 0 N–H and O–H groups in total. The Morgan fingerprint density at radius 1 is 0.795 bits per heavy atom. The summed E-state index contributed by atoms with van der Waals surface area (Å²) in [5.74, 6) is -0.985. The van der Waals surface area contributed by atoms with E-state index >= 15 is 0 Å². The van der Waals surface area contributed by atoms with E-state index in [1.807, 2.05) is 42.6 Å². The summed E-state index contributed by atoms with van der Waals surface area (Å²) in [6.07, 6.45) is 1.96. The van der Waals surface area contributed by atoms with Gasteiger partial charge in [0.1, 0.15) is 5.75 Å². The van der Waals surface area contributed by atoms with Crippen molar-refractivity contribution in [3.05, 3.63) is 124 Å². The van der Waals surface area contributed by atoms with Crippen molar-refractivity contribution in [1.29, 1.82) is 0 Å². The lowest BCUT2D eigenvalue weighted by Gasteiger charge is -2.52. The Labute approximate surface area is 227 Å². The zero-order valence-corrected chi connectivity index (χ0v) is 22.1. The molecule has 3 aliphatic carbocycles. The molecule has 192 valence electrons. The van der Waals surface area contributed by atoms with Crippen molar-refractivity contribution in [2.75, 3.05) is 12.0 Å². The highest BCUT2D eigenvalue weighted by Gasteiger charge is 2.67. The summed E-state index contributed by atoms with van der Waals surface area (Å²) in [5, 5.41) is 0. The van der Waals surface area contributed by atoms with Gasteiger partial charge in [-0.3, -0.25) is 14.6 Å². The number of rotatable bonds is 4. The Kier molecular flexibility index (Phi) is 5.14. The molecule has 1 saturated heterocycles. The van der Waals surface area contributed by atoms with E-state index in [-0.39, 0.29) is 17.7 Å². The van der Waals surface area contributed by atoms with Gasteiger partial charge in [0.25, 0.3) is 0 Å². The second-order valence-corrected chi connectivity index (χ2v) is 10.7. The van der Waals surface area contributed by atoms with Gasteiger partial charge in [-0.15, -0.1) is 0 Å². The van der Waals surface area contributed by atoms with Crippen LogP contribution in [0.25, 0.3) is 0 Å². The van der Waals surface area contributed by atoms with Gasteiger partial charge in [-0.2, -0.15) is 0 Å². The topological polar surface area (TPSA) is 59.0 Å². The van der Waals surface area contributed by atoms with Crippen LogP contribution in [0.4, 0.5) is 11.4 Å². The van der Waals surface area contributed by atoms with Crippen LogP contribution in [0.15, 0.2) is 96.0 Å². The molecule has 0 unspecified atom stereocenters. The monoisotopic (exact) mass is 512 g/mol. The van der Waals surface area contributed by atoms with Crippen LogP contribution in [0.2, 0.25) is 0 Å². The largest absolute Gasteiger partial charge is 0.497 e. The van der Waals surface area contributed by atoms with Crippen LogP contribution in [0.5, 0.6) is 5.75 Å². The normalized spacial score (nSPS) is 24.6. The number of carbonyl (C=O) groups is 2. The highest BCUT2D eigenvalue weighted by Crippen LogP contribution is 2.63. The lowest BCUT2D eigenvalue weighted by Crippen LogP contribution is -2.54. The number of carbonyl (C=O) groups excluding carboxylic acids is 2. The Morgan fingerprint density at radius 3 is 2.08 bits per heavy atom. The van der Waals surface area contributed by atoms with E-state index in [4.69, 9.17) is 9.73 Å². The van der Waals surface area contributed by atoms with Gasteiger partial charge < -0.3 is 4.74 Å². The molecule has 2 atom stereocenters. The molecule has 0 spiro atoms. The smallest absolute Gasteiger partial charge is 0.239 e. The molecule has 2 bridgehead atoms. The van der Waals surface area contributed by atoms with Crippen LogP contribution in [0, 0.1) is 25.7 Å². The van der Waals surface area contributed by atoms with Crippen LogP contribution in [-0.4, -0.2) is 25.1 Å². The maximum atomic E-state index is 14.5. The van der Waals surface area contributed by atoms with E-state index in [0.717, 1.165) is 39.1 Å². The predicted octanol–water partition coefficient (Wildman–Crippen LogP) is 6.27. The first-order valence-corrected chi connectivity index (χ1v) is 13.3. The lowest BCUT2D eigenvalue weighted by atomic mass is 9.47. The summed E-state index contributed by atoms with van der Waals surface area (Å²) >= 11 is 0. The number of aryl methyl sites for hydroxylation is 1. The third kappa shape index (κ3) is 3.10. The third-order valence-electron chi connectivity index (χ3n) is 9.00. The summed E-state index contributed by atoms with van der Waals surface area (Å²) in [5.41, 5.74) is 7.12. The average molecular weight is 513 g/mol. The quantitative estimate of drug-likeness (QED) is 0.239. The number of nitrogens with zero attached hydrogens (tertiary/aromatic N) is 2. The first kappa shape index (κ1) is 23.6. The molecule has 4 aromatic carbocycles.